The molecule has 1 aliphatic carbocycles. The van der Waals surface area contributed by atoms with Gasteiger partial charge < -0.3 is 15.6 Å². The first-order chi connectivity index (χ1) is 9.56. The minimum absolute atomic E-state index is 0.0119. The molecule has 2 heterocycles. The number of nitrogens with one attached hydrogen (secondary N) is 1. The van der Waals surface area contributed by atoms with E-state index in [1.807, 2.05) is 0 Å². The third kappa shape index (κ3) is 2.40. The van der Waals surface area contributed by atoms with Gasteiger partial charge in [-0.3, -0.25) is 4.79 Å². The molecule has 0 bridgehead atoms. The van der Waals surface area contributed by atoms with Crippen LogP contribution in [0, 0.1) is 6.92 Å². The number of thiophene rings is 1. The van der Waals surface area contributed by atoms with Crippen LogP contribution in [0.2, 0.25) is 0 Å². The summed E-state index contributed by atoms with van der Waals surface area (Å²) in [6.45, 7) is 3.77. The summed E-state index contributed by atoms with van der Waals surface area (Å²) in [4.78, 5) is 16.4. The molecule has 0 spiro atoms. The van der Waals surface area contributed by atoms with E-state index < -0.39 is 0 Å². The Labute approximate surface area is 120 Å². The normalized spacial score (nSPS) is 14.5. The summed E-state index contributed by atoms with van der Waals surface area (Å²) in [5.41, 5.74) is 7.84. The molecule has 0 aliphatic heterocycles. The van der Waals surface area contributed by atoms with Crippen LogP contribution in [0.15, 0.2) is 4.52 Å². The Balaban J connectivity index is 1.84. The molecule has 2 aromatic rings. The van der Waals surface area contributed by atoms with E-state index in [0.29, 0.717) is 34.7 Å². The molecule has 20 heavy (non-hydrogen) atoms. The van der Waals surface area contributed by atoms with Gasteiger partial charge in [-0.2, -0.15) is 4.98 Å². The van der Waals surface area contributed by atoms with Gasteiger partial charge in [0, 0.05) is 19.4 Å². The van der Waals surface area contributed by atoms with Crippen LogP contribution in [-0.2, 0) is 6.54 Å². The first-order valence-electron chi connectivity index (χ1n) is 6.52. The molecule has 0 saturated heterocycles. The lowest BCUT2D eigenvalue weighted by Crippen LogP contribution is -2.02. The van der Waals surface area contributed by atoms with E-state index in [9.17, 15) is 4.79 Å². The second-order valence-electron chi connectivity index (χ2n) is 5.00. The third-order valence-corrected chi connectivity index (χ3v) is 4.55. The van der Waals surface area contributed by atoms with Crippen molar-refractivity contribution in [2.24, 2.45) is 0 Å². The lowest BCUT2D eigenvalue weighted by Gasteiger charge is -2.04. The summed E-state index contributed by atoms with van der Waals surface area (Å²) in [6.07, 6.45) is 2.27. The van der Waals surface area contributed by atoms with Crippen molar-refractivity contribution >= 4 is 27.8 Å². The fraction of sp³-hybridized carbons (Fsp3) is 0.462. The van der Waals surface area contributed by atoms with Crippen LogP contribution in [0.4, 0.5) is 10.7 Å². The van der Waals surface area contributed by atoms with Crippen molar-refractivity contribution in [3.05, 3.63) is 22.2 Å². The van der Waals surface area contributed by atoms with Crippen molar-refractivity contribution in [1.82, 2.24) is 10.1 Å². The van der Waals surface area contributed by atoms with Gasteiger partial charge >= 0.3 is 0 Å². The number of Topliss-reactive ketones (excluding diaryl/α,β-unsaturated/α-hetero) is 1. The van der Waals surface area contributed by atoms with Gasteiger partial charge in [0.25, 0.3) is 0 Å². The van der Waals surface area contributed by atoms with Crippen LogP contribution in [0.25, 0.3) is 0 Å². The maximum Gasteiger partial charge on any atom is 0.223 e. The molecule has 0 atom stereocenters. The van der Waals surface area contributed by atoms with Crippen LogP contribution < -0.4 is 11.1 Å². The molecule has 3 rings (SSSR count). The molecule has 0 aromatic carbocycles. The average Bonchev–Trinajstić information content (AvgIpc) is 3.05. The predicted molar refractivity (Wildman–Crippen MR) is 77.1 cm³/mol. The lowest BCUT2D eigenvalue weighted by molar-refractivity contribution is 0.102. The first kappa shape index (κ1) is 13.1. The number of anilines is 2. The maximum atomic E-state index is 11.6. The number of ketones is 1. The van der Waals surface area contributed by atoms with E-state index in [2.05, 4.69) is 15.5 Å². The molecule has 3 N–H and O–H groups in total. The van der Waals surface area contributed by atoms with Gasteiger partial charge in [0.1, 0.15) is 0 Å². The smallest absolute Gasteiger partial charge is 0.223 e. The maximum absolute atomic E-state index is 11.6. The zero-order valence-corrected chi connectivity index (χ0v) is 12.2. The van der Waals surface area contributed by atoms with Crippen molar-refractivity contribution in [3.63, 3.8) is 0 Å². The van der Waals surface area contributed by atoms with Gasteiger partial charge in [-0.15, -0.1) is 11.3 Å². The Kier molecular flexibility index (Phi) is 3.21. The van der Waals surface area contributed by atoms with Crippen molar-refractivity contribution in [2.75, 3.05) is 11.1 Å². The van der Waals surface area contributed by atoms with Gasteiger partial charge in [0.15, 0.2) is 11.6 Å². The number of hydrogen-bond acceptors (Lipinski definition) is 7. The summed E-state index contributed by atoms with van der Waals surface area (Å²) in [6, 6.07) is 0. The molecule has 1 saturated carbocycles. The Bertz CT molecular complexity index is 657. The number of nitrogens with two attached hydrogens (primary N) is 1. The minimum atomic E-state index is 0.0119. The summed E-state index contributed by atoms with van der Waals surface area (Å²) in [5, 5.41) is 8.08. The Morgan fingerprint density at radius 2 is 2.30 bits per heavy atom. The quantitative estimate of drug-likeness (QED) is 0.823. The molecule has 1 aliphatic rings. The molecule has 7 heteroatoms. The average molecular weight is 292 g/mol. The zero-order chi connectivity index (χ0) is 14.3. The minimum Gasteiger partial charge on any atom is -0.397 e. The van der Waals surface area contributed by atoms with E-state index >= 15 is 0 Å². The van der Waals surface area contributed by atoms with E-state index in [1.165, 1.54) is 11.3 Å². The number of aromatic nitrogens is 2. The number of hydrogen-bond donors (Lipinski definition) is 2. The predicted octanol–water partition coefficient (Wildman–Crippen LogP) is 2.71. The molecule has 0 amide bonds. The summed E-state index contributed by atoms with van der Waals surface area (Å²) < 4.78 is 4.93. The van der Waals surface area contributed by atoms with Crippen molar-refractivity contribution < 1.29 is 9.32 Å². The van der Waals surface area contributed by atoms with E-state index in [4.69, 9.17) is 10.3 Å². The van der Waals surface area contributed by atoms with Crippen molar-refractivity contribution in [1.29, 1.82) is 0 Å². The number of nitrogens with zero attached hydrogens (tertiary/aromatic N) is 2. The van der Waals surface area contributed by atoms with Crippen molar-refractivity contribution in [2.45, 2.75) is 39.2 Å². The highest BCUT2D eigenvalue weighted by Crippen LogP contribution is 2.50. The lowest BCUT2D eigenvalue weighted by atomic mass is 10.1. The van der Waals surface area contributed by atoms with Gasteiger partial charge in [-0.1, -0.05) is 5.16 Å². The highest BCUT2D eigenvalue weighted by molar-refractivity contribution is 7.18. The number of carbonyl (C=O) groups excluding carboxylic acids is 1. The van der Waals surface area contributed by atoms with Gasteiger partial charge in [-0.25, -0.2) is 0 Å². The van der Waals surface area contributed by atoms with Crippen LogP contribution >= 0.6 is 11.3 Å². The number of aryl methyl sites for hydroxylation is 1. The van der Waals surface area contributed by atoms with Crippen LogP contribution in [0.3, 0.4) is 0 Å². The molecule has 106 valence electrons. The highest BCUT2D eigenvalue weighted by atomic mass is 32.1. The first-order valence-corrected chi connectivity index (χ1v) is 7.34. The second kappa shape index (κ2) is 4.90. The number of rotatable bonds is 5. The molecule has 6 nitrogen and oxygen atoms in total. The van der Waals surface area contributed by atoms with Gasteiger partial charge in [0.05, 0.1) is 22.1 Å². The molecular formula is C13H16N4O2S. The van der Waals surface area contributed by atoms with Gasteiger partial charge in [-0.05, 0) is 18.8 Å². The van der Waals surface area contributed by atoms with Crippen LogP contribution in [0.5, 0.6) is 0 Å². The van der Waals surface area contributed by atoms with Crippen molar-refractivity contribution in [3.8, 4) is 0 Å². The summed E-state index contributed by atoms with van der Waals surface area (Å²) in [7, 11) is 0. The monoisotopic (exact) mass is 292 g/mol. The topological polar surface area (TPSA) is 94.0 Å². The van der Waals surface area contributed by atoms with E-state index in [0.717, 1.165) is 23.4 Å². The molecule has 1 fully saturated rings. The zero-order valence-electron chi connectivity index (χ0n) is 11.4. The van der Waals surface area contributed by atoms with E-state index in [-0.39, 0.29) is 5.78 Å². The fourth-order valence-electron chi connectivity index (χ4n) is 2.20. The molecule has 0 radical (unpaired) electrons. The Morgan fingerprint density at radius 1 is 1.55 bits per heavy atom. The Morgan fingerprint density at radius 3 is 2.85 bits per heavy atom. The second-order valence-corrected chi connectivity index (χ2v) is 6.02. The fourth-order valence-corrected chi connectivity index (χ4v) is 3.30. The summed E-state index contributed by atoms with van der Waals surface area (Å²) >= 11 is 1.42. The molecular weight excluding hydrogens is 276 g/mol. The van der Waals surface area contributed by atoms with Crippen LogP contribution in [0.1, 0.15) is 52.6 Å². The molecule has 2 aromatic heterocycles. The summed E-state index contributed by atoms with van der Waals surface area (Å²) in [5.74, 6) is 1.63. The Hall–Kier alpha value is -1.89. The molecule has 0 unspecified atom stereocenters. The van der Waals surface area contributed by atoms with Crippen LogP contribution in [-0.4, -0.2) is 15.9 Å². The third-order valence-electron chi connectivity index (χ3n) is 3.27. The van der Waals surface area contributed by atoms with E-state index in [1.54, 1.807) is 13.8 Å². The number of carbonyl (C=O) groups is 1. The standard InChI is InChI=1S/C13H16N4O2S/c1-6(18)12-11(14)10(8-3-4-8)13(20-12)15-5-9-16-7(2)19-17-9/h8,15H,3-5,14H2,1-2H3. The SMILES string of the molecule is CC(=O)c1sc(NCc2noc(C)n2)c(C2CC2)c1N. The van der Waals surface area contributed by atoms with Gasteiger partial charge in [0.2, 0.25) is 5.89 Å². The largest absolute Gasteiger partial charge is 0.397 e. The highest BCUT2D eigenvalue weighted by Gasteiger charge is 2.32. The number of nitrogen functional groups attached to an aromatic ring is 1.